The molecular formula is C26H24ClN3O2. The Hall–Kier alpha value is -3.18. The van der Waals surface area contributed by atoms with Gasteiger partial charge in [-0.05, 0) is 66.6 Å². The fourth-order valence-electron chi connectivity index (χ4n) is 4.80. The molecule has 2 aromatic heterocycles. The van der Waals surface area contributed by atoms with Gasteiger partial charge in [0.15, 0.2) is 12.4 Å². The summed E-state index contributed by atoms with van der Waals surface area (Å²) in [7, 11) is 0. The lowest BCUT2D eigenvalue weighted by Gasteiger charge is -2.30. The van der Waals surface area contributed by atoms with E-state index in [4.69, 9.17) is 16.6 Å². The Morgan fingerprint density at radius 1 is 1.06 bits per heavy atom. The average molecular weight is 446 g/mol. The van der Waals surface area contributed by atoms with Crippen molar-refractivity contribution in [3.05, 3.63) is 105 Å². The van der Waals surface area contributed by atoms with Crippen molar-refractivity contribution >= 4 is 23.1 Å². The van der Waals surface area contributed by atoms with Gasteiger partial charge in [-0.2, -0.15) is 4.73 Å². The summed E-state index contributed by atoms with van der Waals surface area (Å²) in [6.45, 7) is 1.35. The van der Waals surface area contributed by atoms with Crippen molar-refractivity contribution in [2.45, 2.75) is 32.1 Å². The summed E-state index contributed by atoms with van der Waals surface area (Å²) in [4.78, 5) is 19.5. The number of rotatable bonds is 2. The molecule has 1 aliphatic carbocycles. The number of hydrogen-bond donors (Lipinski definition) is 0. The Morgan fingerprint density at radius 2 is 1.88 bits per heavy atom. The second kappa shape index (κ2) is 8.75. The zero-order valence-electron chi connectivity index (χ0n) is 17.8. The number of amides is 1. The maximum Gasteiger partial charge on any atom is 0.227 e. The van der Waals surface area contributed by atoms with Crippen LogP contribution in [-0.2, 0) is 24.1 Å². The van der Waals surface area contributed by atoms with Crippen molar-refractivity contribution in [3.63, 3.8) is 0 Å². The van der Waals surface area contributed by atoms with Crippen LogP contribution in [0.4, 0.5) is 0 Å². The van der Waals surface area contributed by atoms with Gasteiger partial charge in [-0.3, -0.25) is 9.78 Å². The molecule has 5 rings (SSSR count). The first-order chi connectivity index (χ1) is 15.6. The normalized spacial score (nSPS) is 15.7. The molecule has 162 valence electrons. The van der Waals surface area contributed by atoms with Gasteiger partial charge in [-0.15, -0.1) is 0 Å². The van der Waals surface area contributed by atoms with Gasteiger partial charge in [0.1, 0.15) is 0 Å². The van der Waals surface area contributed by atoms with E-state index >= 15 is 0 Å². The van der Waals surface area contributed by atoms with Gasteiger partial charge in [0.25, 0.3) is 0 Å². The van der Waals surface area contributed by atoms with Crippen LogP contribution < -0.4 is 4.73 Å². The molecule has 2 aliphatic rings. The molecule has 3 heterocycles. The minimum absolute atomic E-state index is 0.0619. The molecule has 3 aromatic rings. The average Bonchev–Trinajstić information content (AvgIpc) is 2.96. The summed E-state index contributed by atoms with van der Waals surface area (Å²) < 4.78 is 0.738. The van der Waals surface area contributed by atoms with E-state index in [1.54, 1.807) is 6.07 Å². The molecule has 1 aromatic carbocycles. The molecule has 0 radical (unpaired) electrons. The molecule has 1 fully saturated rings. The van der Waals surface area contributed by atoms with Gasteiger partial charge in [0.2, 0.25) is 5.91 Å². The number of nitrogens with zero attached hydrogens (tertiary/aromatic N) is 3. The highest BCUT2D eigenvalue weighted by molar-refractivity contribution is 6.30. The lowest BCUT2D eigenvalue weighted by atomic mass is 9.88. The predicted octanol–water partition coefficient (Wildman–Crippen LogP) is 4.13. The van der Waals surface area contributed by atoms with Gasteiger partial charge < -0.3 is 10.1 Å². The Labute approximate surface area is 192 Å². The molecule has 5 nitrogen and oxygen atoms in total. The number of pyridine rings is 2. The van der Waals surface area contributed by atoms with Crippen molar-refractivity contribution in [1.82, 2.24) is 9.88 Å². The lowest BCUT2D eigenvalue weighted by molar-refractivity contribution is -0.605. The summed E-state index contributed by atoms with van der Waals surface area (Å²) in [5.74, 6) is 0.0619. The highest BCUT2D eigenvalue weighted by atomic mass is 35.5. The zero-order valence-corrected chi connectivity index (χ0v) is 18.5. The van der Waals surface area contributed by atoms with Crippen LogP contribution >= 0.6 is 11.6 Å². The Balaban J connectivity index is 1.43. The third-order valence-electron chi connectivity index (χ3n) is 6.39. The molecule has 0 saturated carbocycles. The Morgan fingerprint density at radius 3 is 2.69 bits per heavy atom. The van der Waals surface area contributed by atoms with E-state index in [1.807, 2.05) is 29.3 Å². The van der Waals surface area contributed by atoms with Crippen LogP contribution in [0.3, 0.4) is 0 Å². The molecule has 1 aliphatic heterocycles. The van der Waals surface area contributed by atoms with Crippen molar-refractivity contribution in [1.29, 1.82) is 0 Å². The molecule has 0 N–H and O–H groups in total. The number of piperidine rings is 1. The summed E-state index contributed by atoms with van der Waals surface area (Å²) in [5.41, 5.74) is 8.09. The smallest absolute Gasteiger partial charge is 0.227 e. The molecule has 0 spiro atoms. The largest absolute Gasteiger partial charge is 0.619 e. The molecule has 1 amide bonds. The second-order valence-electron chi connectivity index (χ2n) is 8.42. The van der Waals surface area contributed by atoms with Crippen LogP contribution in [0.1, 0.15) is 40.8 Å². The number of fused-ring (bicyclic) bond motifs is 2. The van der Waals surface area contributed by atoms with Crippen LogP contribution in [0.5, 0.6) is 0 Å². The van der Waals surface area contributed by atoms with Crippen LogP contribution in [0.15, 0.2) is 66.6 Å². The number of aryl methyl sites for hydroxylation is 2. The first-order valence-electron chi connectivity index (χ1n) is 11.0. The second-order valence-corrected chi connectivity index (χ2v) is 8.86. The fourth-order valence-corrected chi connectivity index (χ4v) is 5.00. The minimum atomic E-state index is 0.0619. The zero-order chi connectivity index (χ0) is 22.1. The van der Waals surface area contributed by atoms with E-state index in [9.17, 15) is 10.0 Å². The number of hydrogen-bond acceptors (Lipinski definition) is 3. The van der Waals surface area contributed by atoms with E-state index in [2.05, 4.69) is 18.2 Å². The Bertz CT molecular complexity index is 1210. The molecule has 0 bridgehead atoms. The van der Waals surface area contributed by atoms with Crippen LogP contribution in [0.25, 0.3) is 5.57 Å². The predicted molar refractivity (Wildman–Crippen MR) is 124 cm³/mol. The van der Waals surface area contributed by atoms with E-state index in [0.29, 0.717) is 13.1 Å². The van der Waals surface area contributed by atoms with E-state index in [-0.39, 0.29) is 12.3 Å². The van der Waals surface area contributed by atoms with Crippen molar-refractivity contribution in [2.75, 3.05) is 13.1 Å². The fraction of sp³-hybridized carbons (Fsp3) is 0.269. The topological polar surface area (TPSA) is 60.1 Å². The highest BCUT2D eigenvalue weighted by Gasteiger charge is 2.26. The molecule has 0 unspecified atom stereocenters. The number of likely N-dealkylation sites (tertiary alicyclic amines) is 1. The molecule has 1 saturated heterocycles. The SMILES string of the molecule is O=C(Cc1ccc[n+]([O-])c1)N1CCC(=C2c3ccc(Cl)cc3CCc3cccnc32)CC1. The minimum Gasteiger partial charge on any atom is -0.619 e. The molecule has 6 heteroatoms. The Kier molecular flexibility index (Phi) is 5.66. The molecular weight excluding hydrogens is 422 g/mol. The van der Waals surface area contributed by atoms with Gasteiger partial charge in [0.05, 0.1) is 12.1 Å². The summed E-state index contributed by atoms with van der Waals surface area (Å²) in [5, 5.41) is 12.2. The van der Waals surface area contributed by atoms with E-state index in [0.717, 1.165) is 46.7 Å². The quantitative estimate of drug-likeness (QED) is 0.440. The van der Waals surface area contributed by atoms with Gasteiger partial charge >= 0.3 is 0 Å². The summed E-state index contributed by atoms with van der Waals surface area (Å²) >= 11 is 6.31. The highest BCUT2D eigenvalue weighted by Crippen LogP contribution is 2.38. The lowest BCUT2D eigenvalue weighted by Crippen LogP contribution is -2.38. The number of carbonyl (C=O) groups excluding carboxylic acids is 1. The number of aromatic nitrogens is 2. The summed E-state index contributed by atoms with van der Waals surface area (Å²) in [6, 6.07) is 13.8. The maximum atomic E-state index is 12.8. The monoisotopic (exact) mass is 445 g/mol. The van der Waals surface area contributed by atoms with Crippen LogP contribution in [-0.4, -0.2) is 28.9 Å². The van der Waals surface area contributed by atoms with Gasteiger partial charge in [-0.1, -0.05) is 29.3 Å². The number of benzene rings is 1. The first-order valence-corrected chi connectivity index (χ1v) is 11.4. The van der Waals surface area contributed by atoms with Crippen molar-refractivity contribution in [3.8, 4) is 0 Å². The van der Waals surface area contributed by atoms with Gasteiger partial charge in [0, 0.05) is 41.5 Å². The maximum absolute atomic E-state index is 12.8. The third-order valence-corrected chi connectivity index (χ3v) is 6.63. The standard InChI is InChI=1S/C26H24ClN3O2/c27-22-7-8-23-21(16-22)6-5-20-4-1-11-28-26(20)25(23)19-9-13-29(14-10-19)24(31)15-18-3-2-12-30(32)17-18/h1-4,7-8,11-12,16-17H,5-6,9-10,13-15H2. The molecule has 32 heavy (non-hydrogen) atoms. The molecule has 0 atom stereocenters. The number of carbonyl (C=O) groups is 1. The van der Waals surface area contributed by atoms with Crippen LogP contribution in [0, 0.1) is 5.21 Å². The van der Waals surface area contributed by atoms with Crippen molar-refractivity contribution in [2.24, 2.45) is 0 Å². The number of halogens is 1. The van der Waals surface area contributed by atoms with Crippen molar-refractivity contribution < 1.29 is 9.52 Å². The summed E-state index contributed by atoms with van der Waals surface area (Å²) in [6.07, 6.45) is 8.51. The van der Waals surface area contributed by atoms with Crippen LogP contribution in [0.2, 0.25) is 5.02 Å². The first kappa shape index (κ1) is 20.7. The van der Waals surface area contributed by atoms with E-state index in [1.165, 1.54) is 40.2 Å². The van der Waals surface area contributed by atoms with Gasteiger partial charge in [-0.25, -0.2) is 0 Å². The van der Waals surface area contributed by atoms with E-state index < -0.39 is 0 Å². The third kappa shape index (κ3) is 4.13.